The topological polar surface area (TPSA) is 37.3 Å². The van der Waals surface area contributed by atoms with E-state index in [9.17, 15) is 9.32 Å². The Morgan fingerprint density at radius 1 is 1.28 bits per heavy atom. The molecular weight excluding hydrogens is 359 g/mol. The van der Waals surface area contributed by atoms with E-state index in [0.29, 0.717) is 0 Å². The Hall–Kier alpha value is -0.200. The van der Waals surface area contributed by atoms with Crippen molar-refractivity contribution in [2.24, 2.45) is 5.41 Å². The molecule has 2 atom stereocenters. The van der Waals surface area contributed by atoms with Crippen molar-refractivity contribution in [3.63, 3.8) is 0 Å². The normalized spacial score (nSPS) is 17.0. The van der Waals surface area contributed by atoms with Crippen molar-refractivity contribution in [3.05, 3.63) is 38.8 Å². The highest BCUT2D eigenvalue weighted by Crippen LogP contribution is 2.32. The molecule has 0 saturated heterocycles. The van der Waals surface area contributed by atoms with Crippen LogP contribution >= 0.6 is 22.6 Å². The van der Waals surface area contributed by atoms with Gasteiger partial charge in [0.15, 0.2) is 0 Å². The first-order valence-corrected chi connectivity index (χ1v) is 7.99. The molecule has 0 bridgehead atoms. The van der Waals surface area contributed by atoms with Gasteiger partial charge in [0.1, 0.15) is 0 Å². The van der Waals surface area contributed by atoms with E-state index >= 15 is 0 Å². The molecule has 0 saturated carbocycles. The lowest BCUT2D eigenvalue weighted by Gasteiger charge is -2.26. The van der Waals surface area contributed by atoms with Gasteiger partial charge in [-0.05, 0) is 47.1 Å². The number of hydrogen-bond donors (Lipinski definition) is 1. The molecule has 0 aromatic heterocycles. The summed E-state index contributed by atoms with van der Waals surface area (Å²) >= 11 is 2.10. The Kier molecular flexibility index (Phi) is 5.55. The number of allylic oxidation sites excluding steroid dienone is 1. The van der Waals surface area contributed by atoms with E-state index in [4.69, 9.17) is 0 Å². The van der Waals surface area contributed by atoms with E-state index in [2.05, 4.69) is 22.6 Å². The first-order chi connectivity index (χ1) is 8.25. The monoisotopic (exact) mass is 378 g/mol. The maximum atomic E-state index is 12.4. The van der Waals surface area contributed by atoms with Crippen molar-refractivity contribution in [2.45, 2.75) is 38.7 Å². The predicted octanol–water partition coefficient (Wildman–Crippen LogP) is 3.87. The van der Waals surface area contributed by atoms with Gasteiger partial charge < -0.3 is 5.11 Å². The summed E-state index contributed by atoms with van der Waals surface area (Å²) in [5, 5.41) is 10.2. The highest BCUT2D eigenvalue weighted by molar-refractivity contribution is 14.1. The lowest BCUT2D eigenvalue weighted by molar-refractivity contribution is 0.103. The third-order valence-corrected chi connectivity index (χ3v) is 5.87. The molecule has 0 radical (unpaired) electrons. The third kappa shape index (κ3) is 3.90. The average Bonchev–Trinajstić information content (AvgIpc) is 2.35. The number of rotatable bonds is 3. The standard InChI is InChI=1S/C14H19IO2S/c1-10(12(15)13(16)14(2,3)4)18(17)11-8-6-5-7-9-11/h5-9,13,16H,1-4H3/b12-10+/t13-,18?/m1/s1. The van der Waals surface area contributed by atoms with E-state index in [1.807, 2.05) is 58.0 Å². The zero-order valence-electron chi connectivity index (χ0n) is 11.1. The molecular formula is C14H19IO2S. The first-order valence-electron chi connectivity index (χ1n) is 5.76. The Balaban J connectivity index is 3.06. The SMILES string of the molecule is C/C(=C(\I)[C@@H](O)C(C)(C)C)S(=O)c1ccccc1. The number of halogens is 1. The quantitative estimate of drug-likeness (QED) is 0.811. The third-order valence-electron chi connectivity index (χ3n) is 2.63. The minimum Gasteiger partial charge on any atom is -0.387 e. The zero-order valence-corrected chi connectivity index (χ0v) is 14.1. The van der Waals surface area contributed by atoms with Crippen molar-refractivity contribution in [3.8, 4) is 0 Å². The van der Waals surface area contributed by atoms with Crippen LogP contribution in [0.4, 0.5) is 0 Å². The smallest absolute Gasteiger partial charge is 0.0903 e. The van der Waals surface area contributed by atoms with Crippen molar-refractivity contribution in [2.75, 3.05) is 0 Å². The van der Waals surface area contributed by atoms with E-state index in [-0.39, 0.29) is 5.41 Å². The van der Waals surface area contributed by atoms with Gasteiger partial charge in [0.2, 0.25) is 0 Å². The Morgan fingerprint density at radius 2 is 1.78 bits per heavy atom. The summed E-state index contributed by atoms with van der Waals surface area (Å²) in [6.45, 7) is 7.72. The Morgan fingerprint density at radius 3 is 2.22 bits per heavy atom. The summed E-state index contributed by atoms with van der Waals surface area (Å²) in [4.78, 5) is 1.49. The van der Waals surface area contributed by atoms with Gasteiger partial charge in [0.05, 0.1) is 16.9 Å². The average molecular weight is 378 g/mol. The molecule has 100 valence electrons. The lowest BCUT2D eigenvalue weighted by Crippen LogP contribution is -2.27. The van der Waals surface area contributed by atoms with E-state index in [1.165, 1.54) is 0 Å². The molecule has 0 aliphatic heterocycles. The first kappa shape index (κ1) is 15.9. The minimum atomic E-state index is -1.20. The number of benzene rings is 1. The fraction of sp³-hybridized carbons (Fsp3) is 0.429. The van der Waals surface area contributed by atoms with Crippen molar-refractivity contribution >= 4 is 33.4 Å². The van der Waals surface area contributed by atoms with Crippen LogP contribution in [0.15, 0.2) is 43.7 Å². The molecule has 0 aliphatic rings. The highest BCUT2D eigenvalue weighted by Gasteiger charge is 2.27. The van der Waals surface area contributed by atoms with Crippen molar-refractivity contribution in [1.82, 2.24) is 0 Å². The summed E-state index contributed by atoms with van der Waals surface area (Å²) in [5.74, 6) is 0. The van der Waals surface area contributed by atoms with Crippen LogP contribution in [0.2, 0.25) is 0 Å². The summed E-state index contributed by atoms with van der Waals surface area (Å²) in [7, 11) is -1.20. The van der Waals surface area contributed by atoms with Crippen LogP contribution in [-0.4, -0.2) is 15.4 Å². The van der Waals surface area contributed by atoms with Crippen molar-refractivity contribution < 1.29 is 9.32 Å². The van der Waals surface area contributed by atoms with Crippen molar-refractivity contribution in [1.29, 1.82) is 0 Å². The predicted molar refractivity (Wildman–Crippen MR) is 85.0 cm³/mol. The lowest BCUT2D eigenvalue weighted by atomic mass is 9.89. The Bertz CT molecular complexity index is 460. The van der Waals surface area contributed by atoms with Gasteiger partial charge in [-0.2, -0.15) is 0 Å². The van der Waals surface area contributed by atoms with Gasteiger partial charge in [0.25, 0.3) is 0 Å². The van der Waals surface area contributed by atoms with Crippen LogP contribution in [0.25, 0.3) is 0 Å². The largest absolute Gasteiger partial charge is 0.387 e. The van der Waals surface area contributed by atoms with Crippen LogP contribution in [0, 0.1) is 5.41 Å². The molecule has 0 aliphatic carbocycles. The molecule has 0 amide bonds. The molecule has 4 heteroatoms. The number of aliphatic hydroxyl groups is 1. The maximum absolute atomic E-state index is 12.4. The number of hydrogen-bond acceptors (Lipinski definition) is 2. The summed E-state index contributed by atoms with van der Waals surface area (Å²) < 4.78 is 13.1. The van der Waals surface area contributed by atoms with E-state index in [0.717, 1.165) is 13.4 Å². The van der Waals surface area contributed by atoms with Gasteiger partial charge in [-0.1, -0.05) is 39.0 Å². The number of aliphatic hydroxyl groups excluding tert-OH is 1. The Labute approximate surface area is 125 Å². The minimum absolute atomic E-state index is 0.251. The molecule has 1 rings (SSSR count). The summed E-state index contributed by atoms with van der Waals surface area (Å²) in [5.41, 5.74) is -0.251. The molecule has 1 aromatic carbocycles. The van der Waals surface area contributed by atoms with Crippen LogP contribution in [-0.2, 0) is 10.8 Å². The molecule has 1 unspecified atom stereocenters. The highest BCUT2D eigenvalue weighted by atomic mass is 127. The van der Waals surface area contributed by atoms with Crippen LogP contribution in [0.5, 0.6) is 0 Å². The van der Waals surface area contributed by atoms with E-state index < -0.39 is 16.9 Å². The molecule has 1 aromatic rings. The zero-order chi connectivity index (χ0) is 13.9. The molecule has 1 N–H and O–H groups in total. The van der Waals surface area contributed by atoms with E-state index in [1.54, 1.807) is 0 Å². The van der Waals surface area contributed by atoms with Gasteiger partial charge >= 0.3 is 0 Å². The van der Waals surface area contributed by atoms with Gasteiger partial charge in [-0.3, -0.25) is 0 Å². The fourth-order valence-electron chi connectivity index (χ4n) is 1.38. The van der Waals surface area contributed by atoms with Crippen LogP contribution in [0.3, 0.4) is 0 Å². The molecule has 0 spiro atoms. The van der Waals surface area contributed by atoms with Crippen LogP contribution < -0.4 is 0 Å². The van der Waals surface area contributed by atoms with Gasteiger partial charge in [-0.25, -0.2) is 4.21 Å². The molecule has 18 heavy (non-hydrogen) atoms. The second-order valence-corrected chi connectivity index (χ2v) is 8.04. The maximum Gasteiger partial charge on any atom is 0.0903 e. The van der Waals surface area contributed by atoms with Gasteiger partial charge in [-0.15, -0.1) is 0 Å². The second-order valence-electron chi connectivity index (χ2n) is 5.25. The summed E-state index contributed by atoms with van der Waals surface area (Å²) in [6, 6.07) is 9.32. The van der Waals surface area contributed by atoms with Crippen LogP contribution in [0.1, 0.15) is 27.7 Å². The second kappa shape index (κ2) is 6.30. The molecule has 0 fully saturated rings. The molecule has 0 heterocycles. The summed E-state index contributed by atoms with van der Waals surface area (Å²) in [6.07, 6.45) is -0.592. The van der Waals surface area contributed by atoms with Gasteiger partial charge in [0, 0.05) is 13.4 Å². The molecule has 2 nitrogen and oxygen atoms in total. The fourth-order valence-corrected chi connectivity index (χ4v) is 3.96.